The van der Waals surface area contributed by atoms with Gasteiger partial charge in [0.05, 0.1) is 18.9 Å². The number of methoxy groups -OCH3 is 1. The number of guanidine groups is 1. The Morgan fingerprint density at radius 1 is 1.36 bits per heavy atom. The molecular formula is C20H32ClIN4O2. The zero-order valence-corrected chi connectivity index (χ0v) is 19.7. The molecule has 3 rings (SSSR count). The normalized spacial score (nSPS) is 24.8. The number of ether oxygens (including phenoxy) is 1. The summed E-state index contributed by atoms with van der Waals surface area (Å²) in [6.45, 7) is 5.37. The third-order valence-corrected chi connectivity index (χ3v) is 5.69. The van der Waals surface area contributed by atoms with E-state index in [-0.39, 0.29) is 36.0 Å². The van der Waals surface area contributed by atoms with Gasteiger partial charge in [-0.05, 0) is 44.4 Å². The molecule has 28 heavy (non-hydrogen) atoms. The topological polar surface area (TPSA) is 69.1 Å². The van der Waals surface area contributed by atoms with Crippen LogP contribution in [0.5, 0.6) is 5.75 Å². The number of halogens is 2. The van der Waals surface area contributed by atoms with Crippen LogP contribution >= 0.6 is 35.6 Å². The van der Waals surface area contributed by atoms with Gasteiger partial charge in [0.1, 0.15) is 5.75 Å². The van der Waals surface area contributed by atoms with Crippen molar-refractivity contribution in [2.45, 2.75) is 44.8 Å². The molecule has 1 aromatic rings. The molecule has 3 N–H and O–H groups in total. The number of rotatable bonds is 6. The Balaban J connectivity index is 0.00000280. The monoisotopic (exact) mass is 522 g/mol. The van der Waals surface area contributed by atoms with E-state index < -0.39 is 0 Å². The molecule has 1 saturated heterocycles. The second-order valence-corrected chi connectivity index (χ2v) is 7.81. The number of nitrogens with zero attached hydrogens (tertiary/aromatic N) is 2. The third-order valence-electron chi connectivity index (χ3n) is 5.46. The van der Waals surface area contributed by atoms with E-state index >= 15 is 0 Å². The molecule has 2 fully saturated rings. The Morgan fingerprint density at radius 3 is 2.86 bits per heavy atom. The molecule has 2 aliphatic rings. The van der Waals surface area contributed by atoms with Crippen molar-refractivity contribution in [3.63, 3.8) is 0 Å². The fourth-order valence-corrected chi connectivity index (χ4v) is 4.13. The Bertz CT molecular complexity index is 661. The average molecular weight is 523 g/mol. The second-order valence-electron chi connectivity index (χ2n) is 7.37. The zero-order chi connectivity index (χ0) is 19.2. The average Bonchev–Trinajstić information content (AvgIpc) is 3.29. The van der Waals surface area contributed by atoms with Crippen molar-refractivity contribution in [2.75, 3.05) is 38.2 Å². The highest BCUT2D eigenvalue weighted by Gasteiger charge is 2.27. The lowest BCUT2D eigenvalue weighted by Gasteiger charge is -2.22. The molecular weight excluding hydrogens is 491 g/mol. The molecule has 1 heterocycles. The van der Waals surface area contributed by atoms with Crippen LogP contribution in [-0.4, -0.2) is 56.5 Å². The first-order chi connectivity index (χ1) is 13.1. The van der Waals surface area contributed by atoms with Crippen LogP contribution in [-0.2, 0) is 0 Å². The van der Waals surface area contributed by atoms with Gasteiger partial charge in [0, 0.05) is 43.2 Å². The molecule has 1 aliphatic heterocycles. The van der Waals surface area contributed by atoms with E-state index in [9.17, 15) is 5.11 Å². The van der Waals surface area contributed by atoms with Crippen LogP contribution in [0.15, 0.2) is 23.2 Å². The Labute approximate surface area is 190 Å². The van der Waals surface area contributed by atoms with Crippen LogP contribution in [0.1, 0.15) is 32.6 Å². The highest BCUT2D eigenvalue weighted by atomic mass is 127. The summed E-state index contributed by atoms with van der Waals surface area (Å²) in [6.07, 6.45) is 3.89. The van der Waals surface area contributed by atoms with Crippen LogP contribution in [0.3, 0.4) is 0 Å². The van der Waals surface area contributed by atoms with Crippen molar-refractivity contribution < 1.29 is 9.84 Å². The number of aliphatic hydroxyl groups excluding tert-OH is 1. The first kappa shape index (κ1) is 23.3. The molecule has 0 amide bonds. The van der Waals surface area contributed by atoms with Crippen LogP contribution in [0, 0.1) is 5.92 Å². The van der Waals surface area contributed by atoms with Crippen LogP contribution in [0.2, 0.25) is 5.02 Å². The van der Waals surface area contributed by atoms with Crippen molar-refractivity contribution in [1.29, 1.82) is 0 Å². The lowest BCUT2D eigenvalue weighted by molar-refractivity contribution is 0.136. The first-order valence-corrected chi connectivity index (χ1v) is 10.3. The molecule has 0 spiro atoms. The van der Waals surface area contributed by atoms with Gasteiger partial charge < -0.3 is 25.4 Å². The zero-order valence-electron chi connectivity index (χ0n) is 16.7. The largest absolute Gasteiger partial charge is 0.495 e. The predicted octanol–water partition coefficient (Wildman–Crippen LogP) is 3.26. The van der Waals surface area contributed by atoms with E-state index in [1.165, 1.54) is 0 Å². The number of anilines is 1. The highest BCUT2D eigenvalue weighted by Crippen LogP contribution is 2.33. The van der Waals surface area contributed by atoms with Gasteiger partial charge in [-0.15, -0.1) is 24.0 Å². The minimum absolute atomic E-state index is 0. The highest BCUT2D eigenvalue weighted by molar-refractivity contribution is 14.0. The van der Waals surface area contributed by atoms with E-state index in [4.69, 9.17) is 21.3 Å². The molecule has 0 radical (unpaired) electrons. The fraction of sp³-hybridized carbons (Fsp3) is 0.650. The lowest BCUT2D eigenvalue weighted by Crippen LogP contribution is -2.45. The van der Waals surface area contributed by atoms with Crippen LogP contribution in [0.25, 0.3) is 0 Å². The van der Waals surface area contributed by atoms with E-state index in [2.05, 4.69) is 22.5 Å². The molecule has 1 aliphatic carbocycles. The summed E-state index contributed by atoms with van der Waals surface area (Å²) >= 11 is 6.18. The maximum Gasteiger partial charge on any atom is 0.191 e. The Kier molecular flexibility index (Phi) is 9.43. The molecule has 158 valence electrons. The van der Waals surface area contributed by atoms with E-state index in [0.717, 1.165) is 62.7 Å². The minimum atomic E-state index is -0.200. The van der Waals surface area contributed by atoms with Crippen molar-refractivity contribution in [2.24, 2.45) is 10.9 Å². The second kappa shape index (κ2) is 11.3. The van der Waals surface area contributed by atoms with Gasteiger partial charge in [-0.2, -0.15) is 0 Å². The summed E-state index contributed by atoms with van der Waals surface area (Å²) in [7, 11) is 1.69. The van der Waals surface area contributed by atoms with E-state index in [1.54, 1.807) is 7.11 Å². The van der Waals surface area contributed by atoms with Crippen molar-refractivity contribution in [3.8, 4) is 5.75 Å². The van der Waals surface area contributed by atoms with Gasteiger partial charge in [-0.3, -0.25) is 4.99 Å². The summed E-state index contributed by atoms with van der Waals surface area (Å²) in [4.78, 5) is 7.02. The molecule has 0 aromatic heterocycles. The lowest BCUT2D eigenvalue weighted by atomic mass is 10.1. The van der Waals surface area contributed by atoms with Gasteiger partial charge in [-0.1, -0.05) is 18.0 Å². The van der Waals surface area contributed by atoms with E-state index in [0.29, 0.717) is 17.6 Å². The van der Waals surface area contributed by atoms with E-state index in [1.807, 2.05) is 18.2 Å². The fourth-order valence-electron chi connectivity index (χ4n) is 3.96. The Morgan fingerprint density at radius 2 is 2.18 bits per heavy atom. The summed E-state index contributed by atoms with van der Waals surface area (Å²) in [6, 6.07) is 6.03. The summed E-state index contributed by atoms with van der Waals surface area (Å²) in [5.41, 5.74) is 1.03. The van der Waals surface area contributed by atoms with Gasteiger partial charge in [-0.25, -0.2) is 0 Å². The number of aliphatic imine (C=N–C) groups is 1. The quantitative estimate of drug-likeness (QED) is 0.304. The molecule has 0 bridgehead atoms. The van der Waals surface area contributed by atoms with Crippen molar-refractivity contribution in [1.82, 2.24) is 10.6 Å². The van der Waals surface area contributed by atoms with Crippen molar-refractivity contribution in [3.05, 3.63) is 23.2 Å². The summed E-state index contributed by atoms with van der Waals surface area (Å²) in [5, 5.41) is 17.6. The molecule has 6 nitrogen and oxygen atoms in total. The number of hydrogen-bond acceptors (Lipinski definition) is 4. The number of nitrogens with one attached hydrogen (secondary N) is 2. The molecule has 8 heteroatoms. The molecule has 3 unspecified atom stereocenters. The van der Waals surface area contributed by atoms with Crippen LogP contribution < -0.4 is 20.3 Å². The number of hydrogen-bond donors (Lipinski definition) is 3. The first-order valence-electron chi connectivity index (χ1n) is 9.92. The smallest absolute Gasteiger partial charge is 0.191 e. The molecule has 3 atom stereocenters. The predicted molar refractivity (Wildman–Crippen MR) is 126 cm³/mol. The summed E-state index contributed by atoms with van der Waals surface area (Å²) in [5.74, 6) is 1.97. The van der Waals surface area contributed by atoms with Gasteiger partial charge >= 0.3 is 0 Å². The SMILES string of the molecule is CCNC(=NCC1CCCC1O)NC1CCN(c2cc(Cl)ccc2OC)C1.I. The maximum absolute atomic E-state index is 10.0. The molecule has 1 aromatic carbocycles. The number of aliphatic hydroxyl groups is 1. The van der Waals surface area contributed by atoms with Gasteiger partial charge in [0.2, 0.25) is 0 Å². The number of benzene rings is 1. The summed E-state index contributed by atoms with van der Waals surface area (Å²) < 4.78 is 5.49. The third kappa shape index (κ3) is 6.03. The van der Waals surface area contributed by atoms with Crippen LogP contribution in [0.4, 0.5) is 5.69 Å². The van der Waals surface area contributed by atoms with Crippen molar-refractivity contribution >= 4 is 47.2 Å². The minimum Gasteiger partial charge on any atom is -0.495 e. The standard InChI is InChI=1S/C20H31ClN4O2.HI/c1-3-22-20(23-12-14-5-4-6-18(14)26)24-16-9-10-25(13-16)17-11-15(21)7-8-19(17)27-2;/h7-8,11,14,16,18,26H,3-6,9-10,12-13H2,1-2H3,(H2,22,23,24);1H. The van der Waals surface area contributed by atoms with Gasteiger partial charge in [0.15, 0.2) is 5.96 Å². The van der Waals surface area contributed by atoms with Gasteiger partial charge in [0.25, 0.3) is 0 Å². The molecule has 1 saturated carbocycles. The Hall–Kier alpha value is -0.930. The maximum atomic E-state index is 10.0.